The molecule has 9 heteroatoms. The molecular weight excluding hydrogens is 432 g/mol. The molecule has 1 heterocycles. The Morgan fingerprint density at radius 3 is 2.56 bits per heavy atom. The molecule has 4 rings (SSSR count). The molecule has 0 saturated heterocycles. The molecule has 0 atom stereocenters. The van der Waals surface area contributed by atoms with Gasteiger partial charge in [-0.25, -0.2) is 4.79 Å². The predicted octanol–water partition coefficient (Wildman–Crippen LogP) is 3.25. The molecule has 0 amide bonds. The Hall–Kier alpha value is -3.95. The standard InChI is InChI=1S/C23H18N2O6S/c26-8-7-24-23(32)25-12-1-4-15(18(9-12)22(29)30)21-16-5-2-13(27)10-19(16)31-20-11-14(28)3-6-17(20)21/h1-6,9-11,26-27H,7-8H2,(H,29,30)(H2,24,25,32). The molecule has 0 saturated carbocycles. The highest BCUT2D eigenvalue weighted by Gasteiger charge is 2.22. The summed E-state index contributed by atoms with van der Waals surface area (Å²) in [6.45, 7) is 0.163. The van der Waals surface area contributed by atoms with Gasteiger partial charge in [0.25, 0.3) is 0 Å². The van der Waals surface area contributed by atoms with Crippen molar-refractivity contribution in [2.24, 2.45) is 0 Å². The minimum absolute atomic E-state index is 0.00744. The third kappa shape index (κ3) is 4.11. The topological polar surface area (TPSA) is 132 Å². The van der Waals surface area contributed by atoms with Crippen molar-refractivity contribution in [1.29, 1.82) is 0 Å². The molecule has 2 aliphatic rings. The van der Waals surface area contributed by atoms with Crippen LogP contribution in [0.4, 0.5) is 5.69 Å². The quantitative estimate of drug-likeness (QED) is 0.230. The number of aliphatic hydroxyl groups excluding tert-OH is 1. The Labute approximate surface area is 187 Å². The normalized spacial score (nSPS) is 10.9. The van der Waals surface area contributed by atoms with Crippen molar-refractivity contribution in [2.45, 2.75) is 0 Å². The summed E-state index contributed by atoms with van der Waals surface area (Å²) in [5.41, 5.74) is 2.05. The van der Waals surface area contributed by atoms with Crippen LogP contribution >= 0.6 is 12.2 Å². The molecule has 0 bridgehead atoms. The lowest BCUT2D eigenvalue weighted by Gasteiger charge is -2.18. The van der Waals surface area contributed by atoms with Gasteiger partial charge in [-0.2, -0.15) is 0 Å². The van der Waals surface area contributed by atoms with E-state index < -0.39 is 5.97 Å². The fourth-order valence-corrected chi connectivity index (χ4v) is 3.73. The van der Waals surface area contributed by atoms with Gasteiger partial charge in [0, 0.05) is 40.9 Å². The monoisotopic (exact) mass is 450 g/mol. The second-order valence-electron chi connectivity index (χ2n) is 6.99. The SMILES string of the molecule is O=C(O)c1cc(NC(=S)NCCO)ccc1-c1c2ccc(=O)cc-2oc2cc(O)ccc12. The van der Waals surface area contributed by atoms with Crippen LogP contribution in [0.5, 0.6) is 5.75 Å². The van der Waals surface area contributed by atoms with Crippen molar-refractivity contribution >= 4 is 40.0 Å². The molecule has 0 unspecified atom stereocenters. The van der Waals surface area contributed by atoms with Gasteiger partial charge in [0.1, 0.15) is 17.1 Å². The van der Waals surface area contributed by atoms with Crippen molar-refractivity contribution in [3.05, 3.63) is 70.4 Å². The van der Waals surface area contributed by atoms with E-state index >= 15 is 0 Å². The highest BCUT2D eigenvalue weighted by molar-refractivity contribution is 7.80. The number of phenolic OH excluding ortho intramolecular Hbond substituents is 1. The maximum Gasteiger partial charge on any atom is 0.336 e. The Bertz CT molecular complexity index is 1380. The summed E-state index contributed by atoms with van der Waals surface area (Å²) in [6.07, 6.45) is 0. The van der Waals surface area contributed by atoms with Gasteiger partial charge in [-0.15, -0.1) is 0 Å². The van der Waals surface area contributed by atoms with E-state index in [1.54, 1.807) is 24.3 Å². The molecule has 2 aromatic carbocycles. The zero-order valence-electron chi connectivity index (χ0n) is 16.6. The van der Waals surface area contributed by atoms with Crippen LogP contribution in [-0.2, 0) is 0 Å². The van der Waals surface area contributed by atoms with E-state index in [9.17, 15) is 19.8 Å². The molecular formula is C23H18N2O6S. The van der Waals surface area contributed by atoms with Crippen LogP contribution < -0.4 is 16.1 Å². The lowest BCUT2D eigenvalue weighted by Crippen LogP contribution is -2.30. The average Bonchev–Trinajstić information content (AvgIpc) is 2.76. The first-order chi connectivity index (χ1) is 15.4. The molecule has 0 radical (unpaired) electrons. The van der Waals surface area contributed by atoms with Gasteiger partial charge in [-0.05, 0) is 54.2 Å². The van der Waals surface area contributed by atoms with E-state index in [1.165, 1.54) is 30.3 Å². The van der Waals surface area contributed by atoms with Gasteiger partial charge >= 0.3 is 5.97 Å². The van der Waals surface area contributed by atoms with Crippen LogP contribution in [0, 0.1) is 0 Å². The molecule has 0 spiro atoms. The maximum absolute atomic E-state index is 12.2. The number of rotatable bonds is 5. The number of carboxylic acids is 1. The fraction of sp³-hybridized carbons (Fsp3) is 0.0870. The van der Waals surface area contributed by atoms with Crippen LogP contribution in [0.2, 0.25) is 0 Å². The molecule has 0 fully saturated rings. The molecule has 5 N–H and O–H groups in total. The summed E-state index contributed by atoms with van der Waals surface area (Å²) in [7, 11) is 0. The van der Waals surface area contributed by atoms with Gasteiger partial charge in [0.05, 0.1) is 12.2 Å². The summed E-state index contributed by atoms with van der Waals surface area (Å²) in [5, 5.41) is 35.2. The molecule has 32 heavy (non-hydrogen) atoms. The maximum atomic E-state index is 12.2. The second kappa shape index (κ2) is 8.66. The number of aromatic hydroxyl groups is 1. The van der Waals surface area contributed by atoms with E-state index in [0.717, 1.165) is 0 Å². The number of carbonyl (C=O) groups is 1. The number of hydrogen-bond acceptors (Lipinski definition) is 6. The second-order valence-corrected chi connectivity index (χ2v) is 7.39. The van der Waals surface area contributed by atoms with Crippen molar-refractivity contribution < 1.29 is 24.5 Å². The molecule has 1 aliphatic heterocycles. The first-order valence-corrected chi connectivity index (χ1v) is 10.0. The van der Waals surface area contributed by atoms with E-state index in [4.69, 9.17) is 21.7 Å². The van der Waals surface area contributed by atoms with Crippen molar-refractivity contribution in [3.63, 3.8) is 0 Å². The fourth-order valence-electron chi connectivity index (χ4n) is 3.51. The van der Waals surface area contributed by atoms with E-state index in [0.29, 0.717) is 33.3 Å². The lowest BCUT2D eigenvalue weighted by atomic mass is 9.90. The number of benzene rings is 3. The van der Waals surface area contributed by atoms with E-state index in [-0.39, 0.29) is 40.8 Å². The van der Waals surface area contributed by atoms with Crippen molar-refractivity contribution in [2.75, 3.05) is 18.5 Å². The summed E-state index contributed by atoms with van der Waals surface area (Å²) in [6, 6.07) is 13.6. The number of phenols is 1. The summed E-state index contributed by atoms with van der Waals surface area (Å²) in [5.74, 6) is -0.899. The largest absolute Gasteiger partial charge is 0.508 e. The highest BCUT2D eigenvalue weighted by atomic mass is 32.1. The van der Waals surface area contributed by atoms with Crippen LogP contribution in [0.15, 0.2) is 63.8 Å². The van der Waals surface area contributed by atoms with Crippen LogP contribution in [0.3, 0.4) is 0 Å². The number of aromatic carboxylic acids is 1. The minimum atomic E-state index is -1.15. The molecule has 0 aromatic heterocycles. The van der Waals surface area contributed by atoms with Gasteiger partial charge in [-0.3, -0.25) is 4.79 Å². The van der Waals surface area contributed by atoms with Gasteiger partial charge in [0.2, 0.25) is 0 Å². The predicted molar refractivity (Wildman–Crippen MR) is 124 cm³/mol. The first-order valence-electron chi connectivity index (χ1n) is 9.60. The van der Waals surface area contributed by atoms with Crippen molar-refractivity contribution in [3.8, 4) is 28.2 Å². The van der Waals surface area contributed by atoms with Crippen LogP contribution in [-0.4, -0.2) is 39.6 Å². The van der Waals surface area contributed by atoms with Crippen molar-refractivity contribution in [1.82, 2.24) is 5.32 Å². The number of hydrogen-bond donors (Lipinski definition) is 5. The minimum Gasteiger partial charge on any atom is -0.508 e. The lowest BCUT2D eigenvalue weighted by molar-refractivity contribution is 0.0697. The number of aliphatic hydroxyl groups is 1. The van der Waals surface area contributed by atoms with Gasteiger partial charge < -0.3 is 30.4 Å². The summed E-state index contributed by atoms with van der Waals surface area (Å²) < 4.78 is 5.82. The summed E-state index contributed by atoms with van der Waals surface area (Å²) in [4.78, 5) is 24.0. The Kier molecular flexibility index (Phi) is 5.76. The number of fused-ring (bicyclic) bond motifs is 2. The third-order valence-electron chi connectivity index (χ3n) is 4.85. The number of anilines is 1. The van der Waals surface area contributed by atoms with Gasteiger partial charge in [0.15, 0.2) is 10.5 Å². The molecule has 8 nitrogen and oxygen atoms in total. The molecule has 162 valence electrons. The number of thiocarbonyl (C=S) groups is 1. The summed E-state index contributed by atoms with van der Waals surface area (Å²) >= 11 is 5.14. The van der Waals surface area contributed by atoms with E-state index in [1.807, 2.05) is 0 Å². The zero-order chi connectivity index (χ0) is 22.8. The molecule has 2 aromatic rings. The first kappa shape index (κ1) is 21.3. The Morgan fingerprint density at radius 2 is 1.81 bits per heavy atom. The third-order valence-corrected chi connectivity index (χ3v) is 5.10. The molecule has 1 aliphatic carbocycles. The van der Waals surface area contributed by atoms with Crippen LogP contribution in [0.1, 0.15) is 10.4 Å². The smallest absolute Gasteiger partial charge is 0.336 e. The highest BCUT2D eigenvalue weighted by Crippen LogP contribution is 2.42. The zero-order valence-corrected chi connectivity index (χ0v) is 17.4. The Balaban J connectivity index is 1.94. The number of nitrogens with one attached hydrogen (secondary N) is 2. The number of carboxylic acid groups (broad SMARTS) is 1. The van der Waals surface area contributed by atoms with E-state index in [2.05, 4.69) is 10.6 Å². The average molecular weight is 450 g/mol. The van der Waals surface area contributed by atoms with Gasteiger partial charge in [-0.1, -0.05) is 6.07 Å². The Morgan fingerprint density at radius 1 is 1.03 bits per heavy atom. The van der Waals surface area contributed by atoms with Crippen LogP contribution in [0.25, 0.3) is 33.4 Å².